The van der Waals surface area contributed by atoms with E-state index in [4.69, 9.17) is 19.3 Å². The van der Waals surface area contributed by atoms with Gasteiger partial charge in [0.05, 0.1) is 6.61 Å². The average Bonchev–Trinajstić information content (AvgIpc) is 2.99. The van der Waals surface area contributed by atoms with Crippen LogP contribution in [0.3, 0.4) is 0 Å². The molecule has 116 valence electrons. The SMILES string of the molecule is CC(c1ccc(O)cc1)c1cc2c(cc1OCCO)OCO2. The summed E-state index contributed by atoms with van der Waals surface area (Å²) in [5.74, 6) is 2.28. The predicted molar refractivity (Wildman–Crippen MR) is 80.8 cm³/mol. The Kier molecular flexibility index (Phi) is 4.06. The zero-order valence-electron chi connectivity index (χ0n) is 12.3. The molecule has 2 aromatic rings. The Labute approximate surface area is 128 Å². The first-order chi connectivity index (χ1) is 10.7. The van der Waals surface area contributed by atoms with Gasteiger partial charge in [0, 0.05) is 17.5 Å². The van der Waals surface area contributed by atoms with Crippen molar-refractivity contribution < 1.29 is 24.4 Å². The van der Waals surface area contributed by atoms with Gasteiger partial charge < -0.3 is 24.4 Å². The second-order valence-electron chi connectivity index (χ2n) is 5.13. The van der Waals surface area contributed by atoms with E-state index in [0.717, 1.165) is 11.1 Å². The maximum atomic E-state index is 9.42. The minimum Gasteiger partial charge on any atom is -0.508 e. The number of aromatic hydroxyl groups is 1. The van der Waals surface area contributed by atoms with Gasteiger partial charge in [-0.3, -0.25) is 0 Å². The van der Waals surface area contributed by atoms with Gasteiger partial charge in [-0.1, -0.05) is 19.1 Å². The Morgan fingerprint density at radius 3 is 2.50 bits per heavy atom. The summed E-state index contributed by atoms with van der Waals surface area (Å²) in [6.07, 6.45) is 0. The van der Waals surface area contributed by atoms with E-state index in [1.807, 2.05) is 18.2 Å². The lowest BCUT2D eigenvalue weighted by molar-refractivity contribution is 0.173. The fraction of sp³-hybridized carbons (Fsp3) is 0.294. The van der Waals surface area contributed by atoms with E-state index in [-0.39, 0.29) is 31.7 Å². The first-order valence-corrected chi connectivity index (χ1v) is 7.15. The highest BCUT2D eigenvalue weighted by Gasteiger charge is 2.22. The molecule has 0 saturated heterocycles. The van der Waals surface area contributed by atoms with E-state index >= 15 is 0 Å². The molecule has 1 aliphatic heterocycles. The number of hydrogen-bond donors (Lipinski definition) is 2. The molecule has 0 amide bonds. The predicted octanol–water partition coefficient (Wildman–Crippen LogP) is 2.64. The number of aliphatic hydroxyl groups excluding tert-OH is 1. The summed E-state index contributed by atoms with van der Waals surface area (Å²) < 4.78 is 16.5. The van der Waals surface area contributed by atoms with Crippen LogP contribution in [0.4, 0.5) is 0 Å². The number of hydrogen-bond acceptors (Lipinski definition) is 5. The molecule has 0 aromatic heterocycles. The van der Waals surface area contributed by atoms with Crippen molar-refractivity contribution in [3.05, 3.63) is 47.5 Å². The molecule has 0 saturated carbocycles. The fourth-order valence-electron chi connectivity index (χ4n) is 2.50. The van der Waals surface area contributed by atoms with Crippen LogP contribution in [-0.4, -0.2) is 30.2 Å². The van der Waals surface area contributed by atoms with Crippen LogP contribution in [0.1, 0.15) is 24.0 Å². The molecule has 22 heavy (non-hydrogen) atoms. The molecule has 0 radical (unpaired) electrons. The number of phenols is 1. The van der Waals surface area contributed by atoms with Crippen molar-refractivity contribution in [2.24, 2.45) is 0 Å². The van der Waals surface area contributed by atoms with Crippen molar-refractivity contribution in [3.63, 3.8) is 0 Å². The smallest absolute Gasteiger partial charge is 0.231 e. The monoisotopic (exact) mass is 302 g/mol. The van der Waals surface area contributed by atoms with Crippen LogP contribution in [0.2, 0.25) is 0 Å². The zero-order valence-corrected chi connectivity index (χ0v) is 12.3. The molecule has 0 fully saturated rings. The van der Waals surface area contributed by atoms with Crippen LogP contribution in [0.25, 0.3) is 0 Å². The van der Waals surface area contributed by atoms with Crippen molar-refractivity contribution in [3.8, 4) is 23.0 Å². The van der Waals surface area contributed by atoms with Gasteiger partial charge in [0.15, 0.2) is 11.5 Å². The summed E-state index contributed by atoms with van der Waals surface area (Å²) in [5.41, 5.74) is 1.99. The Hall–Kier alpha value is -2.40. The number of phenolic OH excluding ortho intramolecular Hbond substituents is 1. The molecule has 2 N–H and O–H groups in total. The maximum Gasteiger partial charge on any atom is 0.231 e. The summed E-state index contributed by atoms with van der Waals surface area (Å²) in [5, 5.41) is 18.4. The standard InChI is InChI=1S/C17H18O5/c1-11(12-2-4-13(19)5-3-12)14-8-16-17(22-10-21-16)9-15(14)20-7-6-18/h2-5,8-9,11,18-19H,6-7,10H2,1H3. The van der Waals surface area contributed by atoms with Gasteiger partial charge in [0.25, 0.3) is 0 Å². The lowest BCUT2D eigenvalue weighted by Crippen LogP contribution is -2.06. The van der Waals surface area contributed by atoms with Crippen molar-refractivity contribution in [1.82, 2.24) is 0 Å². The van der Waals surface area contributed by atoms with E-state index < -0.39 is 0 Å². The normalized spacial score (nSPS) is 13.9. The molecule has 5 heteroatoms. The minimum absolute atomic E-state index is 0.0452. The van der Waals surface area contributed by atoms with Crippen LogP contribution in [0, 0.1) is 0 Å². The largest absolute Gasteiger partial charge is 0.508 e. The highest BCUT2D eigenvalue weighted by atomic mass is 16.7. The Bertz CT molecular complexity index is 651. The van der Waals surface area contributed by atoms with Gasteiger partial charge in [-0.25, -0.2) is 0 Å². The average molecular weight is 302 g/mol. The van der Waals surface area contributed by atoms with Crippen molar-refractivity contribution in [2.75, 3.05) is 20.0 Å². The van der Waals surface area contributed by atoms with Gasteiger partial charge in [-0.2, -0.15) is 0 Å². The van der Waals surface area contributed by atoms with E-state index in [9.17, 15) is 5.11 Å². The molecule has 1 heterocycles. The molecule has 0 aliphatic carbocycles. The highest BCUT2D eigenvalue weighted by Crippen LogP contribution is 2.42. The van der Waals surface area contributed by atoms with Crippen molar-refractivity contribution in [2.45, 2.75) is 12.8 Å². The van der Waals surface area contributed by atoms with Crippen molar-refractivity contribution >= 4 is 0 Å². The summed E-state index contributed by atoms with van der Waals surface area (Å²) >= 11 is 0. The quantitative estimate of drug-likeness (QED) is 0.888. The molecular weight excluding hydrogens is 284 g/mol. The molecule has 0 spiro atoms. The molecule has 1 atom stereocenters. The van der Waals surface area contributed by atoms with Gasteiger partial charge in [-0.15, -0.1) is 0 Å². The van der Waals surface area contributed by atoms with E-state index in [1.54, 1.807) is 18.2 Å². The Morgan fingerprint density at radius 1 is 1.14 bits per heavy atom. The Morgan fingerprint density at radius 2 is 1.82 bits per heavy atom. The third-order valence-electron chi connectivity index (χ3n) is 3.71. The molecule has 1 aliphatic rings. The first-order valence-electron chi connectivity index (χ1n) is 7.15. The minimum atomic E-state index is -0.0541. The van der Waals surface area contributed by atoms with E-state index in [1.165, 1.54) is 0 Å². The molecular formula is C17H18O5. The third kappa shape index (κ3) is 2.80. The van der Waals surface area contributed by atoms with Crippen molar-refractivity contribution in [1.29, 1.82) is 0 Å². The molecule has 5 nitrogen and oxygen atoms in total. The second kappa shape index (κ2) is 6.15. The Balaban J connectivity index is 1.98. The lowest BCUT2D eigenvalue weighted by Gasteiger charge is -2.18. The summed E-state index contributed by atoms with van der Waals surface area (Å²) in [7, 11) is 0. The maximum absolute atomic E-state index is 9.42. The molecule has 1 unspecified atom stereocenters. The molecule has 0 bridgehead atoms. The van der Waals surface area contributed by atoms with Gasteiger partial charge in [0.1, 0.15) is 18.1 Å². The summed E-state index contributed by atoms with van der Waals surface area (Å²) in [6, 6.07) is 10.8. The van der Waals surface area contributed by atoms with Gasteiger partial charge in [0.2, 0.25) is 6.79 Å². The van der Waals surface area contributed by atoms with E-state index in [2.05, 4.69) is 6.92 Å². The zero-order chi connectivity index (χ0) is 15.5. The first kappa shape index (κ1) is 14.5. The number of aliphatic hydroxyl groups is 1. The topological polar surface area (TPSA) is 68.2 Å². The highest BCUT2D eigenvalue weighted by molar-refractivity contribution is 5.54. The molecule has 3 rings (SSSR count). The number of ether oxygens (including phenoxy) is 3. The summed E-state index contributed by atoms with van der Waals surface area (Å²) in [4.78, 5) is 0. The number of fused-ring (bicyclic) bond motifs is 1. The van der Waals surface area contributed by atoms with E-state index in [0.29, 0.717) is 17.2 Å². The summed E-state index contributed by atoms with van der Waals surface area (Å²) in [6.45, 7) is 2.41. The van der Waals surface area contributed by atoms with Gasteiger partial charge in [-0.05, 0) is 23.8 Å². The molecule has 2 aromatic carbocycles. The second-order valence-corrected chi connectivity index (χ2v) is 5.13. The number of rotatable bonds is 5. The van der Waals surface area contributed by atoms with Crippen LogP contribution in [0.5, 0.6) is 23.0 Å². The van der Waals surface area contributed by atoms with Crippen LogP contribution in [-0.2, 0) is 0 Å². The van der Waals surface area contributed by atoms with Crippen LogP contribution < -0.4 is 14.2 Å². The lowest BCUT2D eigenvalue weighted by atomic mass is 9.92. The number of benzene rings is 2. The van der Waals surface area contributed by atoms with Crippen LogP contribution >= 0.6 is 0 Å². The fourth-order valence-corrected chi connectivity index (χ4v) is 2.50. The van der Waals surface area contributed by atoms with Crippen LogP contribution in [0.15, 0.2) is 36.4 Å². The third-order valence-corrected chi connectivity index (χ3v) is 3.71. The van der Waals surface area contributed by atoms with Gasteiger partial charge >= 0.3 is 0 Å².